The average Bonchev–Trinajstić information content (AvgIpc) is 2.84. The standard InChI is InChI=1S/C28H32N2O5/c1-6-33-25-17-24(30-28(32)21-11-9-8-10-12-21)26(34-7-2)16-23(25)29-27(31)20(5)35-22-14-13-18(3)19(4)15-22/h8-17,20H,6-7H2,1-5H3,(H,29,31)(H,30,32). The van der Waals surface area contributed by atoms with Gasteiger partial charge >= 0.3 is 0 Å². The highest BCUT2D eigenvalue weighted by atomic mass is 16.5. The molecule has 7 heteroatoms. The van der Waals surface area contributed by atoms with E-state index in [0.717, 1.165) is 11.1 Å². The van der Waals surface area contributed by atoms with Crippen LogP contribution >= 0.6 is 0 Å². The normalized spacial score (nSPS) is 11.3. The van der Waals surface area contributed by atoms with Gasteiger partial charge in [0.2, 0.25) is 0 Å². The fourth-order valence-electron chi connectivity index (χ4n) is 3.37. The van der Waals surface area contributed by atoms with Crippen LogP contribution in [0.25, 0.3) is 0 Å². The predicted octanol–water partition coefficient (Wildman–Crippen LogP) is 5.76. The Kier molecular flexibility index (Phi) is 8.73. The fourth-order valence-corrected chi connectivity index (χ4v) is 3.37. The van der Waals surface area contributed by atoms with E-state index in [2.05, 4.69) is 10.6 Å². The van der Waals surface area contributed by atoms with Gasteiger partial charge in [0, 0.05) is 17.7 Å². The lowest BCUT2D eigenvalue weighted by molar-refractivity contribution is -0.122. The fraction of sp³-hybridized carbons (Fsp3) is 0.286. The summed E-state index contributed by atoms with van der Waals surface area (Å²) in [7, 11) is 0. The van der Waals surface area contributed by atoms with Crippen LogP contribution in [0, 0.1) is 13.8 Å². The molecule has 1 unspecified atom stereocenters. The number of nitrogens with one attached hydrogen (secondary N) is 2. The van der Waals surface area contributed by atoms with Crippen molar-refractivity contribution in [3.05, 3.63) is 77.4 Å². The number of aryl methyl sites for hydroxylation is 2. The van der Waals surface area contributed by atoms with Crippen LogP contribution in [0.2, 0.25) is 0 Å². The maximum Gasteiger partial charge on any atom is 0.265 e. The zero-order valence-electron chi connectivity index (χ0n) is 20.8. The Morgan fingerprint density at radius 2 is 1.40 bits per heavy atom. The van der Waals surface area contributed by atoms with Crippen LogP contribution in [0.3, 0.4) is 0 Å². The third-order valence-electron chi connectivity index (χ3n) is 5.38. The van der Waals surface area contributed by atoms with E-state index >= 15 is 0 Å². The van der Waals surface area contributed by atoms with E-state index in [1.54, 1.807) is 43.3 Å². The van der Waals surface area contributed by atoms with Gasteiger partial charge in [-0.1, -0.05) is 24.3 Å². The number of anilines is 2. The van der Waals surface area contributed by atoms with Crippen molar-refractivity contribution in [2.45, 2.75) is 40.7 Å². The lowest BCUT2D eigenvalue weighted by Crippen LogP contribution is -2.30. The number of hydrogen-bond donors (Lipinski definition) is 2. The summed E-state index contributed by atoms with van der Waals surface area (Å²) < 4.78 is 17.4. The molecule has 0 aliphatic carbocycles. The van der Waals surface area contributed by atoms with Crippen LogP contribution in [0.15, 0.2) is 60.7 Å². The lowest BCUT2D eigenvalue weighted by Gasteiger charge is -2.20. The third-order valence-corrected chi connectivity index (χ3v) is 5.38. The topological polar surface area (TPSA) is 85.9 Å². The molecule has 1 atom stereocenters. The second-order valence-electron chi connectivity index (χ2n) is 8.03. The van der Waals surface area contributed by atoms with Crippen LogP contribution in [0.5, 0.6) is 17.2 Å². The van der Waals surface area contributed by atoms with Gasteiger partial charge in [0.05, 0.1) is 24.6 Å². The highest BCUT2D eigenvalue weighted by Gasteiger charge is 2.20. The predicted molar refractivity (Wildman–Crippen MR) is 138 cm³/mol. The van der Waals surface area contributed by atoms with Gasteiger partial charge in [-0.25, -0.2) is 0 Å². The van der Waals surface area contributed by atoms with Gasteiger partial charge < -0.3 is 24.8 Å². The number of hydrogen-bond acceptors (Lipinski definition) is 5. The SMILES string of the molecule is CCOc1cc(NC(=O)C(C)Oc2ccc(C)c(C)c2)c(OCC)cc1NC(=O)c1ccccc1. The minimum atomic E-state index is -0.750. The molecule has 3 aromatic carbocycles. The lowest BCUT2D eigenvalue weighted by atomic mass is 10.1. The molecule has 2 N–H and O–H groups in total. The van der Waals surface area contributed by atoms with E-state index < -0.39 is 6.10 Å². The molecule has 0 fully saturated rings. The maximum atomic E-state index is 12.9. The van der Waals surface area contributed by atoms with E-state index in [4.69, 9.17) is 14.2 Å². The van der Waals surface area contributed by atoms with Crippen molar-refractivity contribution in [3.8, 4) is 17.2 Å². The highest BCUT2D eigenvalue weighted by molar-refractivity contribution is 6.05. The summed E-state index contributed by atoms with van der Waals surface area (Å²) in [4.78, 5) is 25.7. The van der Waals surface area contributed by atoms with Crippen LogP contribution in [-0.4, -0.2) is 31.1 Å². The van der Waals surface area contributed by atoms with Gasteiger partial charge in [-0.05, 0) is 70.0 Å². The van der Waals surface area contributed by atoms with Crippen molar-refractivity contribution < 1.29 is 23.8 Å². The van der Waals surface area contributed by atoms with Crippen LogP contribution in [0.4, 0.5) is 11.4 Å². The number of ether oxygens (including phenoxy) is 3. The molecule has 3 rings (SSSR count). The van der Waals surface area contributed by atoms with Gasteiger partial charge in [-0.2, -0.15) is 0 Å². The molecule has 2 amide bonds. The molecule has 3 aromatic rings. The Balaban J connectivity index is 1.83. The van der Waals surface area contributed by atoms with E-state index in [1.807, 2.05) is 52.0 Å². The molecular weight excluding hydrogens is 444 g/mol. The molecule has 0 aliphatic heterocycles. The summed E-state index contributed by atoms with van der Waals surface area (Å²) >= 11 is 0. The second-order valence-corrected chi connectivity index (χ2v) is 8.03. The van der Waals surface area contributed by atoms with Crippen molar-refractivity contribution in [1.82, 2.24) is 0 Å². The Labute approximate surface area is 206 Å². The summed E-state index contributed by atoms with van der Waals surface area (Å²) in [6.07, 6.45) is -0.750. The maximum absolute atomic E-state index is 12.9. The number of carbonyl (C=O) groups is 2. The molecule has 0 spiro atoms. The number of carbonyl (C=O) groups excluding carboxylic acids is 2. The molecule has 35 heavy (non-hydrogen) atoms. The molecule has 7 nitrogen and oxygen atoms in total. The third kappa shape index (κ3) is 6.76. The largest absolute Gasteiger partial charge is 0.492 e. The quantitative estimate of drug-likeness (QED) is 0.389. The average molecular weight is 477 g/mol. The zero-order chi connectivity index (χ0) is 25.4. The molecule has 0 aliphatic rings. The minimum Gasteiger partial charge on any atom is -0.492 e. The first-order valence-electron chi connectivity index (χ1n) is 11.7. The summed E-state index contributed by atoms with van der Waals surface area (Å²) in [5.41, 5.74) is 3.62. The number of benzene rings is 3. The molecule has 184 valence electrons. The van der Waals surface area contributed by atoms with Crippen molar-refractivity contribution in [2.24, 2.45) is 0 Å². The van der Waals surface area contributed by atoms with E-state index in [0.29, 0.717) is 47.4 Å². The van der Waals surface area contributed by atoms with Crippen molar-refractivity contribution in [1.29, 1.82) is 0 Å². The number of rotatable bonds is 10. The Morgan fingerprint density at radius 1 is 0.800 bits per heavy atom. The van der Waals surface area contributed by atoms with Gasteiger partial charge in [0.1, 0.15) is 17.2 Å². The molecule has 0 saturated heterocycles. The first-order valence-corrected chi connectivity index (χ1v) is 11.7. The van der Waals surface area contributed by atoms with E-state index in [-0.39, 0.29) is 11.8 Å². The molecule has 0 aromatic heterocycles. The van der Waals surface area contributed by atoms with Crippen molar-refractivity contribution >= 4 is 23.2 Å². The monoisotopic (exact) mass is 476 g/mol. The zero-order valence-corrected chi connectivity index (χ0v) is 20.8. The summed E-state index contributed by atoms with van der Waals surface area (Å²) in [6, 6.07) is 17.9. The van der Waals surface area contributed by atoms with E-state index in [9.17, 15) is 9.59 Å². The Morgan fingerprint density at radius 3 is 1.97 bits per heavy atom. The van der Waals surface area contributed by atoms with Gasteiger partial charge in [-0.3, -0.25) is 9.59 Å². The van der Waals surface area contributed by atoms with Gasteiger partial charge in [0.15, 0.2) is 6.10 Å². The molecule has 0 bridgehead atoms. The first-order chi connectivity index (χ1) is 16.8. The first kappa shape index (κ1) is 25.6. The van der Waals surface area contributed by atoms with Crippen molar-refractivity contribution in [2.75, 3.05) is 23.8 Å². The van der Waals surface area contributed by atoms with Gasteiger partial charge in [0.25, 0.3) is 11.8 Å². The number of amides is 2. The molecule has 0 saturated carbocycles. The summed E-state index contributed by atoms with van der Waals surface area (Å²) in [6.45, 7) is 10.1. The van der Waals surface area contributed by atoms with Crippen LogP contribution in [-0.2, 0) is 4.79 Å². The molecule has 0 radical (unpaired) electrons. The van der Waals surface area contributed by atoms with Gasteiger partial charge in [-0.15, -0.1) is 0 Å². The van der Waals surface area contributed by atoms with Crippen LogP contribution < -0.4 is 24.8 Å². The second kappa shape index (κ2) is 11.9. The summed E-state index contributed by atoms with van der Waals surface area (Å²) in [5.74, 6) is 0.827. The summed E-state index contributed by atoms with van der Waals surface area (Å²) in [5, 5.41) is 5.75. The Hall–Kier alpha value is -4.00. The molecule has 0 heterocycles. The Bertz CT molecular complexity index is 1180. The minimum absolute atomic E-state index is 0.277. The van der Waals surface area contributed by atoms with E-state index in [1.165, 1.54) is 0 Å². The molecular formula is C28H32N2O5. The highest BCUT2D eigenvalue weighted by Crippen LogP contribution is 2.37. The smallest absolute Gasteiger partial charge is 0.265 e. The van der Waals surface area contributed by atoms with Crippen molar-refractivity contribution in [3.63, 3.8) is 0 Å². The van der Waals surface area contributed by atoms with Crippen LogP contribution in [0.1, 0.15) is 42.3 Å².